The average Bonchev–Trinajstić information content (AvgIpc) is 2.82. The molecule has 0 aliphatic heterocycles. The summed E-state index contributed by atoms with van der Waals surface area (Å²) in [6, 6.07) is 18.4. The highest BCUT2D eigenvalue weighted by molar-refractivity contribution is 7.98. The van der Waals surface area contributed by atoms with E-state index in [1.54, 1.807) is 42.5 Å². The highest BCUT2D eigenvalue weighted by Gasteiger charge is 2.17. The maximum atomic E-state index is 12.5. The zero-order valence-electron chi connectivity index (χ0n) is 18.4. The van der Waals surface area contributed by atoms with Crippen molar-refractivity contribution >= 4 is 50.8 Å². The van der Waals surface area contributed by atoms with Crippen molar-refractivity contribution in [1.29, 1.82) is 0 Å². The summed E-state index contributed by atoms with van der Waals surface area (Å²) in [6.07, 6.45) is 1.85. The number of ether oxygens (including phenoxy) is 1. The molecule has 3 aromatic carbocycles. The van der Waals surface area contributed by atoms with Crippen LogP contribution in [0.5, 0.6) is 0 Å². The molecule has 0 spiro atoms. The van der Waals surface area contributed by atoms with Crippen LogP contribution in [-0.2, 0) is 19.6 Å². The summed E-state index contributed by atoms with van der Waals surface area (Å²) in [5, 5.41) is 2.67. The largest absolute Gasteiger partial charge is 0.454 e. The average molecular weight is 499 g/mol. The number of amides is 1. The Hall–Kier alpha value is -3.63. The number of para-hydroxylation sites is 1. The molecule has 0 radical (unpaired) electrons. The van der Waals surface area contributed by atoms with Crippen LogP contribution in [0.3, 0.4) is 0 Å². The van der Waals surface area contributed by atoms with E-state index in [-0.39, 0.29) is 21.9 Å². The summed E-state index contributed by atoms with van der Waals surface area (Å²) >= 11 is 1.42. The van der Waals surface area contributed by atoms with Gasteiger partial charge in [-0.1, -0.05) is 24.3 Å². The standard InChI is InChI=1S/C24H22N2O6S2/c1-16(27)25-21-14-18(10-13-23(21)33-2)22(28)15-32-24(29)17-8-11-20(12-9-17)34(30,31)26-19-6-4-3-5-7-19/h3-14,26H,15H2,1-2H3,(H,25,27). The van der Waals surface area contributed by atoms with Crippen molar-refractivity contribution in [1.82, 2.24) is 0 Å². The van der Waals surface area contributed by atoms with Crippen LogP contribution in [0, 0.1) is 0 Å². The van der Waals surface area contributed by atoms with Crippen molar-refractivity contribution in [2.75, 3.05) is 22.9 Å². The molecule has 34 heavy (non-hydrogen) atoms. The van der Waals surface area contributed by atoms with Crippen LogP contribution in [0.4, 0.5) is 11.4 Å². The van der Waals surface area contributed by atoms with Crippen LogP contribution in [0.15, 0.2) is 82.6 Å². The lowest BCUT2D eigenvalue weighted by Crippen LogP contribution is -2.16. The minimum Gasteiger partial charge on any atom is -0.454 e. The number of hydrogen-bond donors (Lipinski definition) is 2. The normalized spacial score (nSPS) is 10.9. The molecule has 3 rings (SSSR count). The number of benzene rings is 3. The third kappa shape index (κ3) is 6.46. The number of Topliss-reactive ketones (excluding diaryl/α,β-unsaturated/α-hetero) is 1. The number of rotatable bonds is 9. The van der Waals surface area contributed by atoms with E-state index in [2.05, 4.69) is 10.0 Å². The van der Waals surface area contributed by atoms with Crippen molar-refractivity contribution in [3.63, 3.8) is 0 Å². The highest BCUT2D eigenvalue weighted by atomic mass is 32.2. The second-order valence-electron chi connectivity index (χ2n) is 7.09. The van der Waals surface area contributed by atoms with Crippen molar-refractivity contribution in [3.05, 3.63) is 83.9 Å². The minimum atomic E-state index is -3.82. The molecule has 0 heterocycles. The van der Waals surface area contributed by atoms with E-state index in [1.165, 1.54) is 49.0 Å². The Kier molecular flexibility index (Phi) is 8.08. The Morgan fingerprint density at radius 3 is 2.18 bits per heavy atom. The molecule has 0 aliphatic rings. The first kappa shape index (κ1) is 25.0. The van der Waals surface area contributed by atoms with Gasteiger partial charge in [0.05, 0.1) is 16.1 Å². The second-order valence-corrected chi connectivity index (χ2v) is 9.62. The molecule has 0 fully saturated rings. The third-order valence-corrected chi connectivity index (χ3v) is 6.79. The van der Waals surface area contributed by atoms with Gasteiger partial charge in [-0.05, 0) is 54.8 Å². The fraction of sp³-hybridized carbons (Fsp3) is 0.125. The summed E-state index contributed by atoms with van der Waals surface area (Å²) in [4.78, 5) is 37.0. The Balaban J connectivity index is 1.64. The van der Waals surface area contributed by atoms with Gasteiger partial charge >= 0.3 is 5.97 Å². The fourth-order valence-corrected chi connectivity index (χ4v) is 4.55. The molecule has 0 aliphatic carbocycles. The number of ketones is 1. The fourth-order valence-electron chi connectivity index (χ4n) is 2.96. The van der Waals surface area contributed by atoms with Gasteiger partial charge in [-0.25, -0.2) is 13.2 Å². The summed E-state index contributed by atoms with van der Waals surface area (Å²) < 4.78 is 32.5. The topological polar surface area (TPSA) is 119 Å². The van der Waals surface area contributed by atoms with Crippen molar-refractivity contribution in [3.8, 4) is 0 Å². The van der Waals surface area contributed by atoms with Gasteiger partial charge < -0.3 is 10.1 Å². The van der Waals surface area contributed by atoms with Gasteiger partial charge in [-0.3, -0.25) is 14.3 Å². The number of thioether (sulfide) groups is 1. The lowest BCUT2D eigenvalue weighted by molar-refractivity contribution is -0.114. The van der Waals surface area contributed by atoms with Crippen molar-refractivity contribution in [2.24, 2.45) is 0 Å². The van der Waals surface area contributed by atoms with Crippen molar-refractivity contribution in [2.45, 2.75) is 16.7 Å². The predicted molar refractivity (Wildman–Crippen MR) is 131 cm³/mol. The van der Waals surface area contributed by atoms with E-state index < -0.39 is 28.4 Å². The van der Waals surface area contributed by atoms with E-state index in [4.69, 9.17) is 4.74 Å². The molecule has 176 valence electrons. The molecule has 0 aromatic heterocycles. The number of sulfonamides is 1. The zero-order valence-corrected chi connectivity index (χ0v) is 20.0. The lowest BCUT2D eigenvalue weighted by Gasteiger charge is -2.11. The molecule has 2 N–H and O–H groups in total. The summed E-state index contributed by atoms with van der Waals surface area (Å²) in [5.41, 5.74) is 1.29. The summed E-state index contributed by atoms with van der Waals surface area (Å²) in [5.74, 6) is -1.48. The molecular formula is C24H22N2O6S2. The minimum absolute atomic E-state index is 0.0247. The van der Waals surface area contributed by atoms with Crippen LogP contribution >= 0.6 is 11.8 Å². The Morgan fingerprint density at radius 2 is 1.56 bits per heavy atom. The number of anilines is 2. The Labute approximate surface area is 201 Å². The van der Waals surface area contributed by atoms with E-state index in [0.29, 0.717) is 11.4 Å². The van der Waals surface area contributed by atoms with Gasteiger partial charge in [0.25, 0.3) is 10.0 Å². The second kappa shape index (κ2) is 11.0. The smallest absolute Gasteiger partial charge is 0.338 e. The molecule has 10 heteroatoms. The number of carbonyl (C=O) groups is 3. The number of carbonyl (C=O) groups excluding carboxylic acids is 3. The Bertz CT molecular complexity index is 1310. The molecular weight excluding hydrogens is 476 g/mol. The summed E-state index contributed by atoms with van der Waals surface area (Å²) in [7, 11) is -3.82. The van der Waals surface area contributed by atoms with Crippen LogP contribution in [0.25, 0.3) is 0 Å². The van der Waals surface area contributed by atoms with Gasteiger partial charge in [0, 0.05) is 23.1 Å². The van der Waals surface area contributed by atoms with Crippen LogP contribution in [0.2, 0.25) is 0 Å². The third-order valence-electron chi connectivity index (χ3n) is 4.59. The van der Waals surface area contributed by atoms with Gasteiger partial charge in [0.1, 0.15) is 0 Å². The molecule has 0 bridgehead atoms. The first-order chi connectivity index (χ1) is 16.2. The first-order valence-electron chi connectivity index (χ1n) is 10.0. The van der Waals surface area contributed by atoms with Crippen LogP contribution in [0.1, 0.15) is 27.6 Å². The number of esters is 1. The van der Waals surface area contributed by atoms with E-state index >= 15 is 0 Å². The highest BCUT2D eigenvalue weighted by Crippen LogP contribution is 2.27. The quantitative estimate of drug-likeness (QED) is 0.258. The molecule has 0 saturated heterocycles. The SMILES string of the molecule is CSc1ccc(C(=O)COC(=O)c2ccc(S(=O)(=O)Nc3ccccc3)cc2)cc1NC(C)=O. The van der Waals surface area contributed by atoms with E-state index in [0.717, 1.165) is 4.90 Å². The van der Waals surface area contributed by atoms with E-state index in [1.807, 2.05) is 6.26 Å². The van der Waals surface area contributed by atoms with Gasteiger partial charge in [-0.15, -0.1) is 11.8 Å². The van der Waals surface area contributed by atoms with Gasteiger partial charge in [-0.2, -0.15) is 0 Å². The molecule has 1 amide bonds. The maximum absolute atomic E-state index is 12.5. The number of hydrogen-bond acceptors (Lipinski definition) is 7. The lowest BCUT2D eigenvalue weighted by atomic mass is 10.1. The maximum Gasteiger partial charge on any atom is 0.338 e. The molecule has 0 unspecified atom stereocenters. The Morgan fingerprint density at radius 1 is 0.912 bits per heavy atom. The molecule has 3 aromatic rings. The van der Waals surface area contributed by atoms with E-state index in [9.17, 15) is 22.8 Å². The van der Waals surface area contributed by atoms with Crippen molar-refractivity contribution < 1.29 is 27.5 Å². The molecule has 0 atom stereocenters. The first-order valence-corrected chi connectivity index (χ1v) is 12.7. The summed E-state index contributed by atoms with van der Waals surface area (Å²) in [6.45, 7) is 0.862. The van der Waals surface area contributed by atoms with Gasteiger partial charge in [0.15, 0.2) is 12.4 Å². The van der Waals surface area contributed by atoms with Gasteiger partial charge in [0.2, 0.25) is 5.91 Å². The zero-order chi connectivity index (χ0) is 24.7. The predicted octanol–water partition coefficient (Wildman–Crippen LogP) is 4.21. The van der Waals surface area contributed by atoms with Crippen LogP contribution < -0.4 is 10.0 Å². The van der Waals surface area contributed by atoms with Crippen LogP contribution in [-0.4, -0.2) is 38.9 Å². The molecule has 8 nitrogen and oxygen atoms in total. The molecule has 0 saturated carbocycles. The number of nitrogens with one attached hydrogen (secondary N) is 2. The monoisotopic (exact) mass is 498 g/mol.